The van der Waals surface area contributed by atoms with Crippen molar-refractivity contribution in [2.75, 3.05) is 0 Å². The lowest BCUT2D eigenvalue weighted by atomic mass is 9.85. The van der Waals surface area contributed by atoms with Crippen LogP contribution in [0.3, 0.4) is 0 Å². The van der Waals surface area contributed by atoms with Gasteiger partial charge in [-0.3, -0.25) is 0 Å². The molecule has 3 heteroatoms. The number of rotatable bonds is 3. The predicted molar refractivity (Wildman–Crippen MR) is 36.6 cm³/mol. The summed E-state index contributed by atoms with van der Waals surface area (Å²) in [5.74, 6) is -1.37. The van der Waals surface area contributed by atoms with Crippen molar-refractivity contribution in [3.8, 4) is 0 Å². The summed E-state index contributed by atoms with van der Waals surface area (Å²) in [7, 11) is 0. The lowest BCUT2D eigenvalue weighted by Crippen LogP contribution is -2.31. The van der Waals surface area contributed by atoms with Crippen molar-refractivity contribution in [1.29, 1.82) is 0 Å². The first-order valence-corrected chi connectivity index (χ1v) is 3.28. The maximum Gasteiger partial charge on any atom is 0.338 e. The van der Waals surface area contributed by atoms with Crippen LogP contribution in [0.1, 0.15) is 27.2 Å². The number of halogens is 1. The number of carbonyl (C=O) groups is 1. The zero-order chi connectivity index (χ0) is 8.36. The van der Waals surface area contributed by atoms with E-state index in [0.717, 1.165) is 0 Å². The molecule has 0 spiro atoms. The topological polar surface area (TPSA) is 37.3 Å². The van der Waals surface area contributed by atoms with E-state index < -0.39 is 17.6 Å². The second kappa shape index (κ2) is 2.99. The molecule has 0 aromatic heterocycles. The van der Waals surface area contributed by atoms with Crippen molar-refractivity contribution in [2.45, 2.75) is 33.4 Å². The molecular weight excluding hydrogens is 135 g/mol. The Kier molecular flexibility index (Phi) is 2.81. The molecule has 0 aliphatic carbocycles. The molecule has 0 amide bonds. The van der Waals surface area contributed by atoms with Gasteiger partial charge in [0.25, 0.3) is 0 Å². The minimum atomic E-state index is -1.75. The Labute approximate surface area is 60.1 Å². The van der Waals surface area contributed by atoms with Crippen molar-refractivity contribution in [3.05, 3.63) is 0 Å². The Morgan fingerprint density at radius 1 is 1.70 bits per heavy atom. The molecule has 0 radical (unpaired) electrons. The van der Waals surface area contributed by atoms with Crippen LogP contribution in [0.4, 0.5) is 4.39 Å². The van der Waals surface area contributed by atoms with Crippen LogP contribution in [-0.4, -0.2) is 17.2 Å². The first-order valence-electron chi connectivity index (χ1n) is 3.28. The summed E-state index contributed by atoms with van der Waals surface area (Å²) in [5.41, 5.74) is -0.744. The Morgan fingerprint density at radius 2 is 2.10 bits per heavy atom. The van der Waals surface area contributed by atoms with E-state index in [1.54, 1.807) is 20.8 Å². The first kappa shape index (κ1) is 9.40. The number of carboxylic acid groups (broad SMARTS) is 1. The maximum absolute atomic E-state index is 12.7. The number of hydrogen-bond acceptors (Lipinski definition) is 1. The van der Waals surface area contributed by atoms with E-state index in [1.807, 2.05) is 0 Å². The molecule has 0 heterocycles. The van der Waals surface area contributed by atoms with Crippen LogP contribution in [0.15, 0.2) is 0 Å². The Bertz CT molecular complexity index is 132. The second-order valence-corrected chi connectivity index (χ2v) is 3.04. The number of carboxylic acids is 1. The van der Waals surface area contributed by atoms with Gasteiger partial charge >= 0.3 is 5.97 Å². The molecule has 1 unspecified atom stereocenters. The van der Waals surface area contributed by atoms with Gasteiger partial charge in [-0.25, -0.2) is 9.18 Å². The van der Waals surface area contributed by atoms with Crippen molar-refractivity contribution >= 4 is 5.97 Å². The fraction of sp³-hybridized carbons (Fsp3) is 0.857. The van der Waals surface area contributed by atoms with Gasteiger partial charge in [-0.15, -0.1) is 0 Å². The summed E-state index contributed by atoms with van der Waals surface area (Å²) in [6, 6.07) is 0. The third-order valence-corrected chi connectivity index (χ3v) is 1.81. The van der Waals surface area contributed by atoms with Gasteiger partial charge in [0.2, 0.25) is 6.17 Å². The summed E-state index contributed by atoms with van der Waals surface area (Å²) < 4.78 is 12.7. The van der Waals surface area contributed by atoms with Gasteiger partial charge in [-0.05, 0) is 6.42 Å². The third-order valence-electron chi connectivity index (χ3n) is 1.81. The average Bonchev–Trinajstić information content (AvgIpc) is 1.86. The molecule has 60 valence electrons. The summed E-state index contributed by atoms with van der Waals surface area (Å²) in [5, 5.41) is 8.27. The van der Waals surface area contributed by atoms with Gasteiger partial charge in [0.1, 0.15) is 0 Å². The first-order chi connectivity index (χ1) is 4.41. The van der Waals surface area contributed by atoms with Crippen LogP contribution in [0.25, 0.3) is 0 Å². The van der Waals surface area contributed by atoms with Crippen molar-refractivity contribution < 1.29 is 14.3 Å². The summed E-state index contributed by atoms with van der Waals surface area (Å²) in [6.45, 7) is 4.98. The van der Waals surface area contributed by atoms with E-state index >= 15 is 0 Å². The van der Waals surface area contributed by atoms with Gasteiger partial charge in [0, 0.05) is 5.41 Å². The van der Waals surface area contributed by atoms with E-state index in [4.69, 9.17) is 5.11 Å². The van der Waals surface area contributed by atoms with Crippen molar-refractivity contribution in [1.82, 2.24) is 0 Å². The van der Waals surface area contributed by atoms with Crippen LogP contribution >= 0.6 is 0 Å². The highest BCUT2D eigenvalue weighted by atomic mass is 19.1. The van der Waals surface area contributed by atoms with Gasteiger partial charge in [0.15, 0.2) is 0 Å². The molecule has 0 saturated carbocycles. The Balaban J connectivity index is 4.17. The monoisotopic (exact) mass is 148 g/mol. The fourth-order valence-corrected chi connectivity index (χ4v) is 0.513. The molecule has 0 aliphatic heterocycles. The largest absolute Gasteiger partial charge is 0.479 e. The molecule has 2 nitrogen and oxygen atoms in total. The molecule has 0 rings (SSSR count). The quantitative estimate of drug-likeness (QED) is 0.663. The van der Waals surface area contributed by atoms with Crippen LogP contribution < -0.4 is 0 Å². The second-order valence-electron chi connectivity index (χ2n) is 3.04. The highest BCUT2D eigenvalue weighted by Crippen LogP contribution is 2.27. The third kappa shape index (κ3) is 1.97. The smallest absolute Gasteiger partial charge is 0.338 e. The highest BCUT2D eigenvalue weighted by molar-refractivity contribution is 5.73. The van der Waals surface area contributed by atoms with Gasteiger partial charge in [-0.1, -0.05) is 20.8 Å². The number of alkyl halides is 1. The minimum absolute atomic E-state index is 0.528. The minimum Gasteiger partial charge on any atom is -0.479 e. The summed E-state index contributed by atoms with van der Waals surface area (Å²) in [6.07, 6.45) is -1.22. The van der Waals surface area contributed by atoms with Crippen LogP contribution in [0.2, 0.25) is 0 Å². The number of aliphatic carboxylic acids is 1. The Hall–Kier alpha value is -0.600. The standard InChI is InChI=1S/C7H13FO2/c1-4-7(2,3)5(8)6(9)10/h5H,4H2,1-3H3,(H,9,10). The number of hydrogen-bond donors (Lipinski definition) is 1. The lowest BCUT2D eigenvalue weighted by molar-refractivity contribution is -0.147. The molecule has 0 aromatic carbocycles. The molecule has 1 N–H and O–H groups in total. The Morgan fingerprint density at radius 3 is 2.20 bits per heavy atom. The molecule has 0 fully saturated rings. The van der Waals surface area contributed by atoms with E-state index in [9.17, 15) is 9.18 Å². The molecular formula is C7H13FO2. The summed E-state index contributed by atoms with van der Waals surface area (Å²) in [4.78, 5) is 10.1. The lowest BCUT2D eigenvalue weighted by Gasteiger charge is -2.23. The van der Waals surface area contributed by atoms with E-state index in [2.05, 4.69) is 0 Å². The van der Waals surface area contributed by atoms with Gasteiger partial charge in [0.05, 0.1) is 0 Å². The molecule has 0 saturated heterocycles. The van der Waals surface area contributed by atoms with E-state index in [0.29, 0.717) is 6.42 Å². The molecule has 0 aliphatic rings. The molecule has 10 heavy (non-hydrogen) atoms. The highest BCUT2D eigenvalue weighted by Gasteiger charge is 2.33. The van der Waals surface area contributed by atoms with Crippen LogP contribution in [0, 0.1) is 5.41 Å². The van der Waals surface area contributed by atoms with Gasteiger partial charge < -0.3 is 5.11 Å². The normalized spacial score (nSPS) is 14.8. The molecule has 0 bridgehead atoms. The van der Waals surface area contributed by atoms with Crippen LogP contribution in [-0.2, 0) is 4.79 Å². The zero-order valence-electron chi connectivity index (χ0n) is 6.52. The molecule has 0 aromatic rings. The average molecular weight is 148 g/mol. The van der Waals surface area contributed by atoms with Crippen molar-refractivity contribution in [2.24, 2.45) is 5.41 Å². The van der Waals surface area contributed by atoms with E-state index in [-0.39, 0.29) is 0 Å². The predicted octanol–water partition coefficient (Wildman–Crippen LogP) is 1.85. The van der Waals surface area contributed by atoms with Crippen molar-refractivity contribution in [3.63, 3.8) is 0 Å². The van der Waals surface area contributed by atoms with E-state index in [1.165, 1.54) is 0 Å². The maximum atomic E-state index is 12.7. The SMILES string of the molecule is CCC(C)(C)C(F)C(=O)O. The fourth-order valence-electron chi connectivity index (χ4n) is 0.513. The molecule has 1 atom stereocenters. The summed E-state index contributed by atoms with van der Waals surface area (Å²) >= 11 is 0. The van der Waals surface area contributed by atoms with Gasteiger partial charge in [-0.2, -0.15) is 0 Å². The zero-order valence-corrected chi connectivity index (χ0v) is 6.52. The van der Waals surface area contributed by atoms with Crippen LogP contribution in [0.5, 0.6) is 0 Å².